The predicted octanol–water partition coefficient (Wildman–Crippen LogP) is 6.42. The lowest BCUT2D eigenvalue weighted by Gasteiger charge is -2.38. The number of benzene rings is 1. The molecule has 0 radical (unpaired) electrons. The van der Waals surface area contributed by atoms with Crippen molar-refractivity contribution < 1.29 is 37.6 Å². The van der Waals surface area contributed by atoms with Crippen molar-refractivity contribution in [2.45, 2.75) is 64.0 Å². The largest absolute Gasteiger partial charge is 0.573 e. The van der Waals surface area contributed by atoms with Crippen LogP contribution in [0.15, 0.2) is 24.3 Å². The summed E-state index contributed by atoms with van der Waals surface area (Å²) < 4.78 is 79.9. The molecule has 1 heterocycles. The van der Waals surface area contributed by atoms with Crippen molar-refractivity contribution >= 4 is 0 Å². The van der Waals surface area contributed by atoms with Gasteiger partial charge < -0.3 is 14.2 Å². The minimum absolute atomic E-state index is 0. The molecule has 0 aromatic heterocycles. The highest BCUT2D eigenvalue weighted by Gasteiger charge is 2.45. The van der Waals surface area contributed by atoms with Crippen LogP contribution < -0.4 is 9.47 Å². The molecule has 0 spiro atoms. The van der Waals surface area contributed by atoms with Gasteiger partial charge in [-0.15, -0.1) is 13.2 Å². The van der Waals surface area contributed by atoms with Gasteiger partial charge in [0.2, 0.25) is 0 Å². The standard InChI is InChI=1S/C20H25F5O3.H2/c1-13-2-11-18(26-12-13)14-3-5-15(6-4-14)19(21,22)27-16-7-9-17(10-8-16)28-20(23,24)25;/h7-10,13-15,18H,2-6,11-12H2,1H3;1H. The second-order valence-electron chi connectivity index (χ2n) is 7.85. The summed E-state index contributed by atoms with van der Waals surface area (Å²) in [6, 6.07) is 4.02. The van der Waals surface area contributed by atoms with Crippen LogP contribution in [0.3, 0.4) is 0 Å². The van der Waals surface area contributed by atoms with Gasteiger partial charge in [-0.25, -0.2) is 0 Å². The molecule has 2 fully saturated rings. The molecule has 1 aromatic rings. The number of hydrogen-bond acceptors (Lipinski definition) is 3. The molecule has 0 N–H and O–H groups in total. The Labute approximate surface area is 162 Å². The molecule has 2 atom stereocenters. The Morgan fingerprint density at radius 1 is 0.857 bits per heavy atom. The Bertz CT molecular complexity index is 622. The Morgan fingerprint density at radius 2 is 1.43 bits per heavy atom. The van der Waals surface area contributed by atoms with Gasteiger partial charge in [-0.05, 0) is 74.6 Å². The number of halogens is 5. The van der Waals surface area contributed by atoms with Gasteiger partial charge in [0.15, 0.2) is 0 Å². The Kier molecular flexibility index (Phi) is 6.37. The Morgan fingerprint density at radius 3 is 1.93 bits per heavy atom. The van der Waals surface area contributed by atoms with Crippen molar-refractivity contribution in [2.24, 2.45) is 17.8 Å². The van der Waals surface area contributed by atoms with Gasteiger partial charge in [-0.2, -0.15) is 8.78 Å². The molecule has 1 aliphatic carbocycles. The number of hydrogen-bond donors (Lipinski definition) is 0. The van der Waals surface area contributed by atoms with Crippen molar-refractivity contribution in [3.8, 4) is 11.5 Å². The van der Waals surface area contributed by atoms with E-state index in [1.807, 2.05) is 0 Å². The van der Waals surface area contributed by atoms with Gasteiger partial charge in [0.1, 0.15) is 11.5 Å². The molecular weight excluding hydrogens is 383 g/mol. The van der Waals surface area contributed by atoms with E-state index in [0.717, 1.165) is 43.7 Å². The molecule has 2 aliphatic rings. The quantitative estimate of drug-likeness (QED) is 0.524. The lowest BCUT2D eigenvalue weighted by atomic mass is 9.77. The second kappa shape index (κ2) is 8.43. The van der Waals surface area contributed by atoms with Gasteiger partial charge in [0, 0.05) is 8.03 Å². The van der Waals surface area contributed by atoms with Gasteiger partial charge in [0.05, 0.1) is 12.0 Å². The fourth-order valence-corrected chi connectivity index (χ4v) is 4.05. The molecule has 160 valence electrons. The maximum Gasteiger partial charge on any atom is 0.573 e. The van der Waals surface area contributed by atoms with E-state index >= 15 is 0 Å². The van der Waals surface area contributed by atoms with Crippen LogP contribution >= 0.6 is 0 Å². The number of rotatable bonds is 5. The second-order valence-corrected chi connectivity index (χ2v) is 7.85. The van der Waals surface area contributed by atoms with Crippen molar-refractivity contribution in [1.82, 2.24) is 0 Å². The zero-order valence-corrected chi connectivity index (χ0v) is 15.7. The third kappa shape index (κ3) is 5.72. The van der Waals surface area contributed by atoms with Gasteiger partial charge in [-0.1, -0.05) is 6.92 Å². The van der Waals surface area contributed by atoms with E-state index in [1.54, 1.807) is 0 Å². The third-order valence-electron chi connectivity index (χ3n) is 5.62. The van der Waals surface area contributed by atoms with Gasteiger partial charge in [0.25, 0.3) is 0 Å². The van der Waals surface area contributed by atoms with Crippen molar-refractivity contribution in [3.05, 3.63) is 24.3 Å². The summed E-state index contributed by atoms with van der Waals surface area (Å²) in [6.45, 7) is 2.88. The normalized spacial score (nSPS) is 29.4. The van der Waals surface area contributed by atoms with Gasteiger partial charge >= 0.3 is 12.5 Å². The van der Waals surface area contributed by atoms with E-state index in [1.165, 1.54) is 0 Å². The molecule has 2 unspecified atom stereocenters. The lowest BCUT2D eigenvalue weighted by molar-refractivity contribution is -0.274. The highest BCUT2D eigenvalue weighted by atomic mass is 19.4. The summed E-state index contributed by atoms with van der Waals surface area (Å²) in [6.07, 6.45) is -3.95. The van der Waals surface area contributed by atoms with E-state index in [9.17, 15) is 22.0 Å². The maximum atomic E-state index is 14.5. The first kappa shape index (κ1) is 21.1. The van der Waals surface area contributed by atoms with Crippen LogP contribution in [0.5, 0.6) is 11.5 Å². The van der Waals surface area contributed by atoms with Crippen molar-refractivity contribution in [2.75, 3.05) is 6.61 Å². The van der Waals surface area contributed by atoms with E-state index in [4.69, 9.17) is 9.47 Å². The molecule has 28 heavy (non-hydrogen) atoms. The summed E-state index contributed by atoms with van der Waals surface area (Å²) in [4.78, 5) is 0. The monoisotopic (exact) mass is 410 g/mol. The molecular formula is C20H27F5O3. The van der Waals surface area contributed by atoms with Crippen LogP contribution in [0.25, 0.3) is 0 Å². The highest BCUT2D eigenvalue weighted by molar-refractivity contribution is 5.31. The van der Waals surface area contributed by atoms with Crippen molar-refractivity contribution in [1.29, 1.82) is 0 Å². The molecule has 1 aliphatic heterocycles. The molecule has 0 bridgehead atoms. The Balaban J connectivity index is 0.00000300. The fraction of sp³-hybridized carbons (Fsp3) is 0.700. The third-order valence-corrected chi connectivity index (χ3v) is 5.62. The minimum atomic E-state index is -4.83. The van der Waals surface area contributed by atoms with E-state index in [0.29, 0.717) is 37.5 Å². The summed E-state index contributed by atoms with van der Waals surface area (Å²) >= 11 is 0. The smallest absolute Gasteiger partial charge is 0.432 e. The zero-order valence-electron chi connectivity index (χ0n) is 15.7. The molecule has 1 saturated heterocycles. The van der Waals surface area contributed by atoms with E-state index in [2.05, 4.69) is 11.7 Å². The average molecular weight is 410 g/mol. The first-order chi connectivity index (χ1) is 13.1. The minimum Gasteiger partial charge on any atom is -0.432 e. The molecule has 1 saturated carbocycles. The number of ether oxygens (including phenoxy) is 3. The van der Waals surface area contributed by atoms with Crippen LogP contribution in [-0.4, -0.2) is 25.2 Å². The fourth-order valence-electron chi connectivity index (χ4n) is 4.05. The highest BCUT2D eigenvalue weighted by Crippen LogP contribution is 2.42. The summed E-state index contributed by atoms with van der Waals surface area (Å²) in [5, 5.41) is 0. The summed E-state index contributed by atoms with van der Waals surface area (Å²) in [5.41, 5.74) is 0. The summed E-state index contributed by atoms with van der Waals surface area (Å²) in [5.74, 6) is -0.731. The van der Waals surface area contributed by atoms with Crippen LogP contribution in [0, 0.1) is 17.8 Å². The zero-order chi connectivity index (χ0) is 20.4. The van der Waals surface area contributed by atoms with Crippen LogP contribution in [0.2, 0.25) is 0 Å². The SMILES string of the molecule is CC1CCC(C2CCC(C(F)(F)Oc3ccc(OC(F)(F)F)cc3)CC2)OC1.[HH]. The first-order valence-corrected chi connectivity index (χ1v) is 9.66. The predicted molar refractivity (Wildman–Crippen MR) is 94.4 cm³/mol. The topological polar surface area (TPSA) is 27.7 Å². The average Bonchev–Trinajstić information content (AvgIpc) is 2.63. The molecule has 3 nitrogen and oxygen atoms in total. The Hall–Kier alpha value is -1.57. The molecule has 1 aromatic carbocycles. The summed E-state index contributed by atoms with van der Waals surface area (Å²) in [7, 11) is 0. The van der Waals surface area contributed by atoms with E-state index < -0.39 is 24.1 Å². The van der Waals surface area contributed by atoms with Gasteiger partial charge in [-0.3, -0.25) is 0 Å². The molecule has 8 heteroatoms. The van der Waals surface area contributed by atoms with Crippen molar-refractivity contribution in [3.63, 3.8) is 0 Å². The molecule has 3 rings (SSSR count). The van der Waals surface area contributed by atoms with E-state index in [-0.39, 0.29) is 13.3 Å². The first-order valence-electron chi connectivity index (χ1n) is 9.66. The maximum absolute atomic E-state index is 14.5. The van der Waals surface area contributed by atoms with Crippen LogP contribution in [0.4, 0.5) is 22.0 Å². The number of alkyl halides is 5. The molecule has 0 amide bonds. The lowest BCUT2D eigenvalue weighted by Crippen LogP contribution is -2.40. The van der Waals surface area contributed by atoms with Crippen LogP contribution in [0.1, 0.15) is 46.9 Å². The van der Waals surface area contributed by atoms with Crippen LogP contribution in [-0.2, 0) is 4.74 Å².